The monoisotopic (exact) mass is 140 g/mol. The summed E-state index contributed by atoms with van der Waals surface area (Å²) >= 11 is 0. The third-order valence-electron chi connectivity index (χ3n) is 1.08. The Bertz CT molecular complexity index is 162. The van der Waals surface area contributed by atoms with E-state index in [4.69, 9.17) is 4.84 Å². The van der Waals surface area contributed by atoms with Crippen LogP contribution in [0.15, 0.2) is 6.20 Å². The summed E-state index contributed by atoms with van der Waals surface area (Å²) in [6.45, 7) is 2.80. The molecular weight excluding hydrogens is 130 g/mol. The van der Waals surface area contributed by atoms with Gasteiger partial charge in [0, 0.05) is 0 Å². The van der Waals surface area contributed by atoms with Crippen LogP contribution in [0, 0.1) is 6.20 Å². The smallest absolute Gasteiger partial charge is 0.138 e. The maximum atomic E-state index is 5.10. The summed E-state index contributed by atoms with van der Waals surface area (Å²) in [5.41, 5.74) is 0. The minimum atomic E-state index is 0.688. The van der Waals surface area contributed by atoms with Gasteiger partial charge in [-0.3, -0.25) is 0 Å². The molecule has 1 heterocycles. The van der Waals surface area contributed by atoms with E-state index in [9.17, 15) is 0 Å². The van der Waals surface area contributed by atoms with E-state index >= 15 is 0 Å². The fourth-order valence-electron chi connectivity index (χ4n) is 0.536. The average Bonchev–Trinajstić information content (AvgIpc) is 2.41. The molecule has 0 aliphatic heterocycles. The first-order valence-corrected chi connectivity index (χ1v) is 3.35. The van der Waals surface area contributed by atoms with E-state index in [0.29, 0.717) is 6.61 Å². The lowest BCUT2D eigenvalue weighted by Crippen LogP contribution is -2.12. The molecule has 1 aromatic heterocycles. The van der Waals surface area contributed by atoms with Gasteiger partial charge in [0.1, 0.15) is 12.8 Å². The van der Waals surface area contributed by atoms with Crippen molar-refractivity contribution in [3.05, 3.63) is 12.4 Å². The SMILES string of the molecule is CCCCOn1c[c]nn1. The normalized spacial score (nSPS) is 9.70. The lowest BCUT2D eigenvalue weighted by molar-refractivity contribution is 0.0762. The highest BCUT2D eigenvalue weighted by molar-refractivity contribution is 4.55. The maximum absolute atomic E-state index is 5.10. The Labute approximate surface area is 59.8 Å². The number of unbranched alkanes of at least 4 members (excludes halogenated alkanes) is 1. The van der Waals surface area contributed by atoms with Crippen molar-refractivity contribution in [2.75, 3.05) is 6.61 Å². The lowest BCUT2D eigenvalue weighted by Gasteiger charge is -2.00. The molecule has 0 N–H and O–H groups in total. The van der Waals surface area contributed by atoms with Crippen molar-refractivity contribution in [1.82, 2.24) is 15.2 Å². The molecule has 1 radical (unpaired) electrons. The summed E-state index contributed by atoms with van der Waals surface area (Å²) in [5, 5.41) is 7.04. The highest BCUT2D eigenvalue weighted by atomic mass is 16.7. The highest BCUT2D eigenvalue weighted by Gasteiger charge is 1.88. The zero-order valence-electron chi connectivity index (χ0n) is 5.95. The van der Waals surface area contributed by atoms with Crippen LogP contribution in [0.4, 0.5) is 0 Å². The van der Waals surface area contributed by atoms with E-state index in [1.165, 1.54) is 4.85 Å². The number of nitrogens with zero attached hydrogens (tertiary/aromatic N) is 3. The molecule has 0 atom stereocenters. The summed E-state index contributed by atoms with van der Waals surface area (Å²) in [7, 11) is 0. The second-order valence-electron chi connectivity index (χ2n) is 1.94. The van der Waals surface area contributed by atoms with Crippen LogP contribution in [-0.2, 0) is 0 Å². The number of rotatable bonds is 4. The van der Waals surface area contributed by atoms with Gasteiger partial charge in [0.2, 0.25) is 0 Å². The molecule has 0 saturated heterocycles. The Balaban J connectivity index is 2.15. The second-order valence-corrected chi connectivity index (χ2v) is 1.94. The third-order valence-corrected chi connectivity index (χ3v) is 1.08. The number of hydrogen-bond donors (Lipinski definition) is 0. The van der Waals surface area contributed by atoms with Crippen LogP contribution >= 0.6 is 0 Å². The Kier molecular flexibility index (Phi) is 2.73. The zero-order valence-corrected chi connectivity index (χ0v) is 5.95. The van der Waals surface area contributed by atoms with Gasteiger partial charge < -0.3 is 4.84 Å². The van der Waals surface area contributed by atoms with E-state index < -0.39 is 0 Å². The minimum Gasteiger partial charge on any atom is -0.395 e. The number of hydrogen-bond acceptors (Lipinski definition) is 3. The Morgan fingerprint density at radius 2 is 2.60 bits per heavy atom. The van der Waals surface area contributed by atoms with Crippen molar-refractivity contribution in [2.24, 2.45) is 0 Å². The van der Waals surface area contributed by atoms with Gasteiger partial charge in [-0.2, -0.15) is 0 Å². The van der Waals surface area contributed by atoms with Gasteiger partial charge in [0.15, 0.2) is 0 Å². The van der Waals surface area contributed by atoms with Gasteiger partial charge in [0.05, 0.1) is 6.20 Å². The Morgan fingerprint density at radius 1 is 1.70 bits per heavy atom. The molecule has 0 fully saturated rings. The zero-order chi connectivity index (χ0) is 7.23. The van der Waals surface area contributed by atoms with Gasteiger partial charge in [-0.15, -0.1) is 5.10 Å². The Morgan fingerprint density at radius 3 is 3.20 bits per heavy atom. The molecular formula is C6H10N3O. The molecule has 0 bridgehead atoms. The van der Waals surface area contributed by atoms with Crippen LogP contribution < -0.4 is 4.84 Å². The molecule has 0 saturated carbocycles. The summed E-state index contributed by atoms with van der Waals surface area (Å²) in [4.78, 5) is 6.41. The minimum absolute atomic E-state index is 0.688. The predicted molar refractivity (Wildman–Crippen MR) is 35.2 cm³/mol. The topological polar surface area (TPSA) is 39.9 Å². The van der Waals surface area contributed by atoms with E-state index in [0.717, 1.165) is 12.8 Å². The molecule has 0 unspecified atom stereocenters. The fourth-order valence-corrected chi connectivity index (χ4v) is 0.536. The van der Waals surface area contributed by atoms with E-state index in [1.54, 1.807) is 6.20 Å². The molecule has 4 heteroatoms. The summed E-state index contributed by atoms with van der Waals surface area (Å²) in [6.07, 6.45) is 6.25. The van der Waals surface area contributed by atoms with Crippen molar-refractivity contribution < 1.29 is 4.84 Å². The maximum Gasteiger partial charge on any atom is 0.138 e. The van der Waals surface area contributed by atoms with Gasteiger partial charge in [-0.1, -0.05) is 18.2 Å². The van der Waals surface area contributed by atoms with Crippen LogP contribution in [0.1, 0.15) is 19.8 Å². The molecule has 1 rings (SSSR count). The van der Waals surface area contributed by atoms with Crippen LogP contribution in [0.3, 0.4) is 0 Å². The summed E-state index contributed by atoms with van der Waals surface area (Å²) < 4.78 is 0. The molecule has 55 valence electrons. The first kappa shape index (κ1) is 7.05. The van der Waals surface area contributed by atoms with Crippen LogP contribution in [0.5, 0.6) is 0 Å². The quantitative estimate of drug-likeness (QED) is 0.565. The standard InChI is InChI=1S/C6H10N3O/c1-2-3-6-10-9-5-4-7-8-9/h5H,2-3,6H2,1H3. The van der Waals surface area contributed by atoms with Crippen molar-refractivity contribution in [2.45, 2.75) is 19.8 Å². The van der Waals surface area contributed by atoms with E-state index in [2.05, 4.69) is 23.4 Å². The molecule has 0 spiro atoms. The molecule has 0 aromatic carbocycles. The largest absolute Gasteiger partial charge is 0.395 e. The molecule has 0 aliphatic carbocycles. The van der Waals surface area contributed by atoms with Crippen molar-refractivity contribution in [3.63, 3.8) is 0 Å². The van der Waals surface area contributed by atoms with Crippen molar-refractivity contribution >= 4 is 0 Å². The first-order valence-electron chi connectivity index (χ1n) is 3.35. The second kappa shape index (κ2) is 3.87. The molecule has 10 heavy (non-hydrogen) atoms. The van der Waals surface area contributed by atoms with Gasteiger partial charge in [-0.05, 0) is 11.6 Å². The number of aromatic nitrogens is 3. The van der Waals surface area contributed by atoms with Crippen molar-refractivity contribution in [1.29, 1.82) is 0 Å². The summed E-state index contributed by atoms with van der Waals surface area (Å²) in [5.74, 6) is 0. The van der Waals surface area contributed by atoms with Crippen molar-refractivity contribution in [3.8, 4) is 0 Å². The molecule has 1 aromatic rings. The molecule has 0 amide bonds. The molecule has 4 nitrogen and oxygen atoms in total. The van der Waals surface area contributed by atoms with Gasteiger partial charge >= 0.3 is 0 Å². The van der Waals surface area contributed by atoms with Crippen LogP contribution in [0.25, 0.3) is 0 Å². The average molecular weight is 140 g/mol. The lowest BCUT2D eigenvalue weighted by atomic mass is 10.4. The van der Waals surface area contributed by atoms with Crippen LogP contribution in [-0.4, -0.2) is 21.8 Å². The fraction of sp³-hybridized carbons (Fsp3) is 0.667. The first-order chi connectivity index (χ1) is 4.93. The Hall–Kier alpha value is -1.06. The highest BCUT2D eigenvalue weighted by Crippen LogP contribution is 1.84. The summed E-state index contributed by atoms with van der Waals surface area (Å²) in [6, 6.07) is 0. The molecule has 0 aliphatic rings. The van der Waals surface area contributed by atoms with Gasteiger partial charge in [0.25, 0.3) is 0 Å². The van der Waals surface area contributed by atoms with Gasteiger partial charge in [-0.25, -0.2) is 0 Å². The van der Waals surface area contributed by atoms with E-state index in [-0.39, 0.29) is 0 Å². The van der Waals surface area contributed by atoms with Crippen LogP contribution in [0.2, 0.25) is 0 Å². The van der Waals surface area contributed by atoms with E-state index in [1.807, 2.05) is 0 Å². The predicted octanol–water partition coefficient (Wildman–Crippen LogP) is 0.307. The third kappa shape index (κ3) is 2.05.